The third-order valence-electron chi connectivity index (χ3n) is 5.55. The number of carboxylic acid groups (broad SMARTS) is 1. The number of carbonyl (C=O) groups is 3. The van der Waals surface area contributed by atoms with Crippen LogP contribution in [0.4, 0.5) is 4.79 Å². The summed E-state index contributed by atoms with van der Waals surface area (Å²) in [4.78, 5) is 35.5. The number of carbonyl (C=O) groups excluding carboxylic acids is 2. The van der Waals surface area contributed by atoms with E-state index >= 15 is 0 Å². The second-order valence-electron chi connectivity index (χ2n) is 7.54. The maximum absolute atomic E-state index is 12.5. The molecule has 2 amide bonds. The first-order chi connectivity index (χ1) is 14.4. The number of rotatable bonds is 8. The summed E-state index contributed by atoms with van der Waals surface area (Å²) < 4.78 is 5.51. The molecule has 0 bridgehead atoms. The predicted molar refractivity (Wildman–Crippen MR) is 112 cm³/mol. The van der Waals surface area contributed by atoms with E-state index in [0.29, 0.717) is 6.42 Å². The number of ether oxygens (including phenoxy) is 1. The Morgan fingerprint density at radius 1 is 1.03 bits per heavy atom. The van der Waals surface area contributed by atoms with Gasteiger partial charge in [-0.25, -0.2) is 4.79 Å². The minimum absolute atomic E-state index is 0.00384. The average molecular weight is 410 g/mol. The van der Waals surface area contributed by atoms with E-state index < -0.39 is 23.5 Å². The highest BCUT2D eigenvalue weighted by atomic mass is 16.5. The Hall–Kier alpha value is -3.35. The summed E-state index contributed by atoms with van der Waals surface area (Å²) in [5.74, 6) is -1.52. The zero-order valence-electron chi connectivity index (χ0n) is 17.1. The van der Waals surface area contributed by atoms with Crippen LogP contribution in [0.2, 0.25) is 0 Å². The van der Waals surface area contributed by atoms with Gasteiger partial charge in [0.1, 0.15) is 12.1 Å². The van der Waals surface area contributed by atoms with E-state index in [1.807, 2.05) is 36.4 Å². The first-order valence-corrected chi connectivity index (χ1v) is 9.99. The van der Waals surface area contributed by atoms with Crippen LogP contribution in [0.3, 0.4) is 0 Å². The SMILES string of the molecule is CCC(C)(NC(=O)OCC1c2ccccc2-c2ccccc21)C(=O)NCCC(=O)O. The van der Waals surface area contributed by atoms with Gasteiger partial charge in [-0.15, -0.1) is 0 Å². The van der Waals surface area contributed by atoms with E-state index in [9.17, 15) is 14.4 Å². The van der Waals surface area contributed by atoms with Crippen LogP contribution >= 0.6 is 0 Å². The number of alkyl carbamates (subject to hydrolysis) is 1. The monoisotopic (exact) mass is 410 g/mol. The molecule has 0 saturated carbocycles. The molecule has 0 spiro atoms. The predicted octanol–water partition coefficient (Wildman–Crippen LogP) is 3.28. The summed E-state index contributed by atoms with van der Waals surface area (Å²) in [5.41, 5.74) is 3.30. The van der Waals surface area contributed by atoms with Crippen LogP contribution < -0.4 is 10.6 Å². The van der Waals surface area contributed by atoms with Crippen molar-refractivity contribution < 1.29 is 24.2 Å². The largest absolute Gasteiger partial charge is 0.481 e. The van der Waals surface area contributed by atoms with Gasteiger partial charge < -0.3 is 20.5 Å². The first kappa shape index (κ1) is 21.4. The lowest BCUT2D eigenvalue weighted by Gasteiger charge is -2.28. The Labute approximate surface area is 175 Å². The van der Waals surface area contributed by atoms with Gasteiger partial charge in [-0.1, -0.05) is 55.5 Å². The van der Waals surface area contributed by atoms with E-state index in [2.05, 4.69) is 22.8 Å². The Morgan fingerprint density at radius 2 is 1.60 bits per heavy atom. The van der Waals surface area contributed by atoms with E-state index in [1.54, 1.807) is 13.8 Å². The zero-order chi connectivity index (χ0) is 21.7. The van der Waals surface area contributed by atoms with Crippen molar-refractivity contribution in [1.82, 2.24) is 10.6 Å². The number of hydrogen-bond donors (Lipinski definition) is 3. The number of nitrogens with one attached hydrogen (secondary N) is 2. The van der Waals surface area contributed by atoms with Crippen LogP contribution in [0.25, 0.3) is 11.1 Å². The van der Waals surface area contributed by atoms with E-state index in [4.69, 9.17) is 9.84 Å². The van der Waals surface area contributed by atoms with Crippen LogP contribution in [0, 0.1) is 0 Å². The van der Waals surface area contributed by atoms with Crippen LogP contribution in [0.1, 0.15) is 43.7 Å². The van der Waals surface area contributed by atoms with Gasteiger partial charge in [0.05, 0.1) is 6.42 Å². The fourth-order valence-corrected chi connectivity index (χ4v) is 3.64. The minimum atomic E-state index is -1.19. The molecule has 1 aliphatic rings. The smallest absolute Gasteiger partial charge is 0.408 e. The Kier molecular flexibility index (Phi) is 6.40. The van der Waals surface area contributed by atoms with Crippen molar-refractivity contribution in [3.63, 3.8) is 0 Å². The Balaban J connectivity index is 1.64. The first-order valence-electron chi connectivity index (χ1n) is 9.99. The van der Waals surface area contributed by atoms with Gasteiger partial charge in [-0.05, 0) is 35.6 Å². The maximum Gasteiger partial charge on any atom is 0.408 e. The fourth-order valence-electron chi connectivity index (χ4n) is 3.64. The summed E-state index contributed by atoms with van der Waals surface area (Å²) in [6.45, 7) is 3.50. The van der Waals surface area contributed by atoms with E-state index in [1.165, 1.54) is 0 Å². The van der Waals surface area contributed by atoms with E-state index in [0.717, 1.165) is 22.3 Å². The normalized spacial score (nSPS) is 14.2. The molecule has 158 valence electrons. The molecular weight excluding hydrogens is 384 g/mol. The summed E-state index contributed by atoms with van der Waals surface area (Å²) in [6.07, 6.45) is -0.540. The molecule has 0 saturated heterocycles. The zero-order valence-corrected chi connectivity index (χ0v) is 17.1. The minimum Gasteiger partial charge on any atom is -0.481 e. The third kappa shape index (κ3) is 4.45. The van der Waals surface area contributed by atoms with Crippen LogP contribution in [-0.2, 0) is 14.3 Å². The molecule has 0 aromatic heterocycles. The van der Waals surface area contributed by atoms with Crippen molar-refractivity contribution in [2.45, 2.75) is 38.1 Å². The van der Waals surface area contributed by atoms with Gasteiger partial charge in [-0.3, -0.25) is 9.59 Å². The molecule has 3 N–H and O–H groups in total. The van der Waals surface area contributed by atoms with Crippen LogP contribution in [0.5, 0.6) is 0 Å². The molecular formula is C23H26N2O5. The number of amides is 2. The number of aliphatic carboxylic acids is 1. The second kappa shape index (κ2) is 8.98. The number of benzene rings is 2. The van der Waals surface area contributed by atoms with Gasteiger partial charge in [0, 0.05) is 12.5 Å². The molecule has 7 heteroatoms. The molecule has 0 radical (unpaired) electrons. The number of fused-ring (bicyclic) bond motifs is 3. The third-order valence-corrected chi connectivity index (χ3v) is 5.55. The summed E-state index contributed by atoms with van der Waals surface area (Å²) >= 11 is 0. The summed E-state index contributed by atoms with van der Waals surface area (Å²) in [6, 6.07) is 16.1. The number of hydrogen-bond acceptors (Lipinski definition) is 4. The molecule has 1 atom stereocenters. The molecule has 0 aliphatic heterocycles. The van der Waals surface area contributed by atoms with Gasteiger partial charge in [0.15, 0.2) is 0 Å². The average Bonchev–Trinajstić information content (AvgIpc) is 3.05. The van der Waals surface area contributed by atoms with Gasteiger partial charge >= 0.3 is 12.1 Å². The summed E-state index contributed by atoms with van der Waals surface area (Å²) in [5, 5.41) is 13.9. The lowest BCUT2D eigenvalue weighted by atomic mass is 9.97. The molecule has 2 aromatic rings. The highest BCUT2D eigenvalue weighted by Gasteiger charge is 2.34. The molecule has 0 heterocycles. The molecule has 1 unspecified atom stereocenters. The van der Waals surface area contributed by atoms with Crippen molar-refractivity contribution >= 4 is 18.0 Å². The van der Waals surface area contributed by atoms with Crippen LogP contribution in [0.15, 0.2) is 48.5 Å². The lowest BCUT2D eigenvalue weighted by Crippen LogP contribution is -2.56. The molecule has 1 aliphatic carbocycles. The molecule has 3 rings (SSSR count). The Bertz CT molecular complexity index is 913. The second-order valence-corrected chi connectivity index (χ2v) is 7.54. The quantitative estimate of drug-likeness (QED) is 0.619. The van der Waals surface area contributed by atoms with Crippen LogP contribution in [-0.4, -0.2) is 41.8 Å². The molecule has 7 nitrogen and oxygen atoms in total. The topological polar surface area (TPSA) is 105 Å². The summed E-state index contributed by atoms with van der Waals surface area (Å²) in [7, 11) is 0. The maximum atomic E-state index is 12.5. The van der Waals surface area contributed by atoms with Crippen molar-refractivity contribution in [3.05, 3.63) is 59.7 Å². The standard InChI is InChI=1S/C23H26N2O5/c1-3-23(2,21(28)24-13-12-20(26)27)25-22(29)30-14-19-17-10-6-4-8-15(17)16-9-5-7-11-18(16)19/h4-11,19H,3,12-14H2,1-2H3,(H,24,28)(H,25,29)(H,26,27). The highest BCUT2D eigenvalue weighted by molar-refractivity contribution is 5.89. The molecule has 0 fully saturated rings. The van der Waals surface area contributed by atoms with Crippen molar-refractivity contribution in [2.75, 3.05) is 13.2 Å². The van der Waals surface area contributed by atoms with E-state index in [-0.39, 0.29) is 25.5 Å². The van der Waals surface area contributed by atoms with Crippen molar-refractivity contribution in [1.29, 1.82) is 0 Å². The van der Waals surface area contributed by atoms with Gasteiger partial charge in [0.2, 0.25) is 5.91 Å². The van der Waals surface area contributed by atoms with Crippen molar-refractivity contribution in [2.24, 2.45) is 0 Å². The molecule has 2 aromatic carbocycles. The number of carboxylic acids is 1. The van der Waals surface area contributed by atoms with Gasteiger partial charge in [0.25, 0.3) is 0 Å². The van der Waals surface area contributed by atoms with Gasteiger partial charge in [-0.2, -0.15) is 0 Å². The lowest BCUT2D eigenvalue weighted by molar-refractivity contribution is -0.137. The molecule has 30 heavy (non-hydrogen) atoms. The van der Waals surface area contributed by atoms with Crippen molar-refractivity contribution in [3.8, 4) is 11.1 Å². The Morgan fingerprint density at radius 3 is 2.13 bits per heavy atom. The highest BCUT2D eigenvalue weighted by Crippen LogP contribution is 2.44. The fraction of sp³-hybridized carbons (Fsp3) is 0.348.